The van der Waals surface area contributed by atoms with Crippen molar-refractivity contribution in [1.29, 1.82) is 0 Å². The van der Waals surface area contributed by atoms with Gasteiger partial charge in [0.05, 0.1) is 5.41 Å². The topological polar surface area (TPSA) is 37.3 Å². The highest BCUT2D eigenvalue weighted by Crippen LogP contribution is 2.44. The minimum Gasteiger partial charge on any atom is -0.481 e. The van der Waals surface area contributed by atoms with Gasteiger partial charge in [-0.2, -0.15) is 0 Å². The Bertz CT molecular complexity index is 837. The van der Waals surface area contributed by atoms with Crippen LogP contribution in [-0.2, 0) is 10.2 Å². The van der Waals surface area contributed by atoms with E-state index in [1.54, 1.807) is 12.1 Å². The Hall–Kier alpha value is -2.23. The van der Waals surface area contributed by atoms with E-state index in [0.29, 0.717) is 35.4 Å². The van der Waals surface area contributed by atoms with E-state index >= 15 is 0 Å². The molecule has 0 saturated heterocycles. The normalized spacial score (nSPS) is 21.5. The molecule has 0 amide bonds. The Morgan fingerprint density at radius 3 is 2.27 bits per heavy atom. The molecule has 1 fully saturated rings. The summed E-state index contributed by atoms with van der Waals surface area (Å²) < 4.78 is 28.0. The quantitative estimate of drug-likeness (QED) is 0.431. The second-order valence-corrected chi connectivity index (χ2v) is 8.74. The Morgan fingerprint density at radius 1 is 1.00 bits per heavy atom. The first-order valence-electron chi connectivity index (χ1n) is 11.3. The molecule has 2 aromatic carbocycles. The van der Waals surface area contributed by atoms with Crippen LogP contribution < -0.4 is 0 Å². The molecule has 2 nitrogen and oxygen atoms in total. The van der Waals surface area contributed by atoms with Gasteiger partial charge in [-0.1, -0.05) is 69.7 Å². The fourth-order valence-corrected chi connectivity index (χ4v) is 4.80. The van der Waals surface area contributed by atoms with Crippen molar-refractivity contribution in [1.82, 2.24) is 0 Å². The average molecular weight is 415 g/mol. The van der Waals surface area contributed by atoms with Gasteiger partial charge in [-0.05, 0) is 60.9 Å². The van der Waals surface area contributed by atoms with Gasteiger partial charge in [0.25, 0.3) is 0 Å². The van der Waals surface area contributed by atoms with Crippen LogP contribution in [-0.4, -0.2) is 11.1 Å². The summed E-state index contributed by atoms with van der Waals surface area (Å²) in [6, 6.07) is 10.4. The number of hydrogen-bond acceptors (Lipinski definition) is 1. The summed E-state index contributed by atoms with van der Waals surface area (Å²) in [6.45, 7) is 2.21. The second-order valence-electron chi connectivity index (χ2n) is 8.74. The molecule has 0 aromatic heterocycles. The highest BCUT2D eigenvalue weighted by molar-refractivity contribution is 5.82. The maximum absolute atomic E-state index is 14.9. The fraction of sp³-hybridized carbons (Fsp3) is 0.500. The molecule has 1 saturated carbocycles. The molecule has 0 spiro atoms. The zero-order valence-corrected chi connectivity index (χ0v) is 17.8. The Kier molecular flexibility index (Phi) is 7.63. The molecule has 162 valence electrons. The zero-order valence-electron chi connectivity index (χ0n) is 17.8. The van der Waals surface area contributed by atoms with E-state index < -0.39 is 17.2 Å². The maximum Gasteiger partial charge on any atom is 0.314 e. The van der Waals surface area contributed by atoms with Crippen LogP contribution in [0.5, 0.6) is 0 Å². The summed E-state index contributed by atoms with van der Waals surface area (Å²) in [6.07, 6.45) is 10.3. The van der Waals surface area contributed by atoms with Crippen LogP contribution in [0.15, 0.2) is 42.5 Å². The predicted octanol–water partition coefficient (Wildman–Crippen LogP) is 7.50. The van der Waals surface area contributed by atoms with Crippen molar-refractivity contribution < 1.29 is 18.7 Å². The van der Waals surface area contributed by atoms with Crippen molar-refractivity contribution in [3.05, 3.63) is 59.7 Å². The third-order valence-corrected chi connectivity index (χ3v) is 6.76. The molecule has 4 heteroatoms. The van der Waals surface area contributed by atoms with Crippen LogP contribution in [0.4, 0.5) is 8.78 Å². The molecule has 0 heterocycles. The molecule has 30 heavy (non-hydrogen) atoms. The Morgan fingerprint density at radius 2 is 1.67 bits per heavy atom. The van der Waals surface area contributed by atoms with E-state index in [0.717, 1.165) is 19.3 Å². The highest BCUT2D eigenvalue weighted by atomic mass is 19.1. The molecule has 1 N–H and O–H groups in total. The van der Waals surface area contributed by atoms with Crippen molar-refractivity contribution in [2.24, 2.45) is 5.92 Å². The molecule has 0 unspecified atom stereocenters. The number of aliphatic carboxylic acids is 1. The predicted molar refractivity (Wildman–Crippen MR) is 116 cm³/mol. The number of carbonyl (C=O) groups is 1. The lowest BCUT2D eigenvalue weighted by atomic mass is 9.66. The standard InChI is InChI=1S/C26H32F2O2/c1-2-3-4-5-6-7-19-14-16-26(17-15-19,25(29)30)21-10-13-23(24(28)18-21)20-8-11-22(27)12-9-20/h8-13,18-19H,2-7,14-17H2,1H3,(H,29,30). The summed E-state index contributed by atoms with van der Waals surface area (Å²) in [5.74, 6) is -1.12. The second kappa shape index (κ2) is 10.2. The van der Waals surface area contributed by atoms with Crippen LogP contribution in [0.1, 0.15) is 76.7 Å². The van der Waals surface area contributed by atoms with Crippen molar-refractivity contribution in [3.8, 4) is 11.1 Å². The van der Waals surface area contributed by atoms with E-state index in [-0.39, 0.29) is 5.82 Å². The van der Waals surface area contributed by atoms with Crippen LogP contribution in [0.2, 0.25) is 0 Å². The van der Waals surface area contributed by atoms with E-state index in [1.165, 1.54) is 62.4 Å². The molecular formula is C26H32F2O2. The van der Waals surface area contributed by atoms with Crippen LogP contribution >= 0.6 is 0 Å². The summed E-state index contributed by atoms with van der Waals surface area (Å²) in [5.41, 5.74) is 0.470. The summed E-state index contributed by atoms with van der Waals surface area (Å²) in [4.78, 5) is 12.3. The lowest BCUT2D eigenvalue weighted by Crippen LogP contribution is -2.39. The number of carboxylic acid groups (broad SMARTS) is 1. The summed E-state index contributed by atoms with van der Waals surface area (Å²) >= 11 is 0. The van der Waals surface area contributed by atoms with Gasteiger partial charge in [-0.15, -0.1) is 0 Å². The van der Waals surface area contributed by atoms with Gasteiger partial charge in [-0.25, -0.2) is 8.78 Å². The van der Waals surface area contributed by atoms with Crippen LogP contribution in [0.25, 0.3) is 11.1 Å². The van der Waals surface area contributed by atoms with E-state index in [9.17, 15) is 18.7 Å². The molecule has 1 aliphatic carbocycles. The molecule has 0 atom stereocenters. The van der Waals surface area contributed by atoms with Crippen LogP contribution in [0, 0.1) is 17.6 Å². The molecule has 0 bridgehead atoms. The van der Waals surface area contributed by atoms with E-state index in [4.69, 9.17) is 0 Å². The molecule has 1 aliphatic rings. The van der Waals surface area contributed by atoms with Gasteiger partial charge in [0.2, 0.25) is 0 Å². The zero-order chi connectivity index (χ0) is 21.6. The van der Waals surface area contributed by atoms with Crippen molar-refractivity contribution in [2.45, 2.75) is 76.5 Å². The number of halogens is 2. The molecular weight excluding hydrogens is 382 g/mol. The lowest BCUT2D eigenvalue weighted by molar-refractivity contribution is -0.145. The van der Waals surface area contributed by atoms with Crippen LogP contribution in [0.3, 0.4) is 0 Å². The van der Waals surface area contributed by atoms with Gasteiger partial charge >= 0.3 is 5.97 Å². The third-order valence-electron chi connectivity index (χ3n) is 6.76. The minimum atomic E-state index is -1.01. The maximum atomic E-state index is 14.9. The fourth-order valence-electron chi connectivity index (χ4n) is 4.80. The number of benzene rings is 2. The van der Waals surface area contributed by atoms with Crippen molar-refractivity contribution in [3.63, 3.8) is 0 Å². The van der Waals surface area contributed by atoms with Gasteiger partial charge < -0.3 is 5.11 Å². The number of carboxylic acids is 1. The van der Waals surface area contributed by atoms with Crippen molar-refractivity contribution >= 4 is 5.97 Å². The van der Waals surface area contributed by atoms with Crippen molar-refractivity contribution in [2.75, 3.05) is 0 Å². The molecule has 2 aromatic rings. The first-order chi connectivity index (χ1) is 14.5. The average Bonchev–Trinajstić information content (AvgIpc) is 2.74. The summed E-state index contributed by atoms with van der Waals surface area (Å²) in [5, 5.41) is 10.0. The SMILES string of the molecule is CCCCCCCC1CCC(C(=O)O)(c2ccc(-c3ccc(F)cc3)c(F)c2)CC1. The molecule has 0 aliphatic heterocycles. The first kappa shape index (κ1) is 22.5. The number of rotatable bonds is 9. The van der Waals surface area contributed by atoms with Gasteiger partial charge in [0.15, 0.2) is 0 Å². The molecule has 3 rings (SSSR count). The minimum absolute atomic E-state index is 0.361. The number of unbranched alkanes of at least 4 members (excludes halogenated alkanes) is 4. The van der Waals surface area contributed by atoms with E-state index in [1.807, 2.05) is 0 Å². The van der Waals surface area contributed by atoms with Gasteiger partial charge in [-0.3, -0.25) is 4.79 Å². The lowest BCUT2D eigenvalue weighted by Gasteiger charge is -2.37. The molecule has 0 radical (unpaired) electrons. The largest absolute Gasteiger partial charge is 0.481 e. The Labute approximate surface area is 178 Å². The first-order valence-corrected chi connectivity index (χ1v) is 11.3. The monoisotopic (exact) mass is 414 g/mol. The Balaban J connectivity index is 1.70. The number of hydrogen-bond donors (Lipinski definition) is 1. The van der Waals surface area contributed by atoms with E-state index in [2.05, 4.69) is 6.92 Å². The smallest absolute Gasteiger partial charge is 0.314 e. The summed E-state index contributed by atoms with van der Waals surface area (Å²) in [7, 11) is 0. The van der Waals surface area contributed by atoms with Gasteiger partial charge in [0.1, 0.15) is 11.6 Å². The van der Waals surface area contributed by atoms with Gasteiger partial charge in [0, 0.05) is 5.56 Å². The highest BCUT2D eigenvalue weighted by Gasteiger charge is 2.43. The third kappa shape index (κ3) is 5.08.